The van der Waals surface area contributed by atoms with E-state index in [-0.39, 0.29) is 6.10 Å². The van der Waals surface area contributed by atoms with Gasteiger partial charge in [0.25, 0.3) is 0 Å². The van der Waals surface area contributed by atoms with E-state index >= 15 is 0 Å². The van der Waals surface area contributed by atoms with Gasteiger partial charge in [-0.1, -0.05) is 18.5 Å². The first-order chi connectivity index (χ1) is 6.72. The van der Waals surface area contributed by atoms with E-state index in [0.29, 0.717) is 23.9 Å². The van der Waals surface area contributed by atoms with Gasteiger partial charge in [-0.3, -0.25) is 0 Å². The smallest absolute Gasteiger partial charge is 0.222 e. The summed E-state index contributed by atoms with van der Waals surface area (Å²) in [5, 5.41) is 12.8. The van der Waals surface area contributed by atoms with Crippen molar-refractivity contribution in [3.63, 3.8) is 0 Å². The number of halogens is 1. The van der Waals surface area contributed by atoms with Crippen LogP contribution in [0.15, 0.2) is 12.4 Å². The van der Waals surface area contributed by atoms with Crippen molar-refractivity contribution in [3.8, 4) is 0 Å². The van der Waals surface area contributed by atoms with Crippen molar-refractivity contribution in [2.45, 2.75) is 25.9 Å². The van der Waals surface area contributed by atoms with Crippen LogP contribution in [0.2, 0.25) is 5.02 Å². The van der Waals surface area contributed by atoms with Crippen molar-refractivity contribution >= 4 is 17.5 Å². The highest BCUT2D eigenvalue weighted by Crippen LogP contribution is 2.05. The van der Waals surface area contributed by atoms with Crippen molar-refractivity contribution in [1.82, 2.24) is 9.97 Å². The fourth-order valence-electron chi connectivity index (χ4n) is 0.958. The summed E-state index contributed by atoms with van der Waals surface area (Å²) < 4.78 is 0. The summed E-state index contributed by atoms with van der Waals surface area (Å²) >= 11 is 5.63. The highest BCUT2D eigenvalue weighted by molar-refractivity contribution is 6.30. The fourth-order valence-corrected chi connectivity index (χ4v) is 1.06. The summed E-state index contributed by atoms with van der Waals surface area (Å²) in [7, 11) is 0. The first kappa shape index (κ1) is 11.2. The molecule has 1 atom stereocenters. The van der Waals surface area contributed by atoms with E-state index in [2.05, 4.69) is 15.3 Å². The molecule has 14 heavy (non-hydrogen) atoms. The standard InChI is InChI=1S/C9H14ClN3O/c1-2-8(14)3-4-11-9-12-5-7(10)6-13-9/h5-6,8,14H,2-4H2,1H3,(H,11,12,13). The zero-order valence-corrected chi connectivity index (χ0v) is 8.83. The molecule has 1 heterocycles. The first-order valence-corrected chi connectivity index (χ1v) is 4.99. The third-order valence-corrected chi connectivity index (χ3v) is 2.05. The number of aliphatic hydroxyl groups is 1. The van der Waals surface area contributed by atoms with Crippen LogP contribution < -0.4 is 5.32 Å². The summed E-state index contributed by atoms with van der Waals surface area (Å²) in [5.41, 5.74) is 0. The second kappa shape index (κ2) is 5.78. The molecule has 1 unspecified atom stereocenters. The second-order valence-corrected chi connectivity index (χ2v) is 3.44. The lowest BCUT2D eigenvalue weighted by Gasteiger charge is -2.08. The molecule has 78 valence electrons. The van der Waals surface area contributed by atoms with Gasteiger partial charge in [0.1, 0.15) is 0 Å². The fraction of sp³-hybridized carbons (Fsp3) is 0.556. The Balaban J connectivity index is 2.28. The van der Waals surface area contributed by atoms with Crippen LogP contribution in [0, 0.1) is 0 Å². The average Bonchev–Trinajstić information content (AvgIpc) is 2.21. The maximum Gasteiger partial charge on any atom is 0.222 e. The molecule has 0 aliphatic rings. The van der Waals surface area contributed by atoms with Gasteiger partial charge < -0.3 is 10.4 Å². The van der Waals surface area contributed by atoms with Gasteiger partial charge in [0.2, 0.25) is 5.95 Å². The van der Waals surface area contributed by atoms with Crippen molar-refractivity contribution in [1.29, 1.82) is 0 Å². The number of hydrogen-bond donors (Lipinski definition) is 2. The second-order valence-electron chi connectivity index (χ2n) is 3.00. The summed E-state index contributed by atoms with van der Waals surface area (Å²) in [5.74, 6) is 0.540. The van der Waals surface area contributed by atoms with Gasteiger partial charge in [-0.05, 0) is 12.8 Å². The maximum absolute atomic E-state index is 9.28. The van der Waals surface area contributed by atoms with E-state index in [1.165, 1.54) is 12.4 Å². The molecule has 5 heteroatoms. The van der Waals surface area contributed by atoms with Crippen LogP contribution in [0.25, 0.3) is 0 Å². The average molecular weight is 216 g/mol. The Hall–Kier alpha value is -0.870. The van der Waals surface area contributed by atoms with Crippen LogP contribution in [-0.4, -0.2) is 27.7 Å². The van der Waals surface area contributed by atoms with E-state index in [4.69, 9.17) is 11.6 Å². The molecule has 1 aromatic heterocycles. The topological polar surface area (TPSA) is 58.0 Å². The molecule has 0 bridgehead atoms. The Bertz CT molecular complexity index is 265. The minimum atomic E-state index is -0.255. The molecule has 4 nitrogen and oxygen atoms in total. The lowest BCUT2D eigenvalue weighted by Crippen LogP contribution is -2.13. The zero-order chi connectivity index (χ0) is 10.4. The molecule has 0 aromatic carbocycles. The third-order valence-electron chi connectivity index (χ3n) is 1.85. The Morgan fingerprint density at radius 2 is 2.14 bits per heavy atom. The van der Waals surface area contributed by atoms with Gasteiger partial charge in [-0.25, -0.2) is 9.97 Å². The number of aromatic nitrogens is 2. The molecular weight excluding hydrogens is 202 g/mol. The number of anilines is 1. The van der Waals surface area contributed by atoms with Crippen molar-refractivity contribution in [3.05, 3.63) is 17.4 Å². The number of nitrogens with zero attached hydrogens (tertiary/aromatic N) is 2. The molecule has 0 saturated carbocycles. The quantitative estimate of drug-likeness (QED) is 0.785. The van der Waals surface area contributed by atoms with E-state index < -0.39 is 0 Å². The Morgan fingerprint density at radius 3 is 2.71 bits per heavy atom. The molecule has 0 aliphatic heterocycles. The molecule has 0 fully saturated rings. The normalized spacial score (nSPS) is 12.5. The summed E-state index contributed by atoms with van der Waals surface area (Å²) in [6.45, 7) is 2.61. The molecule has 1 aromatic rings. The highest BCUT2D eigenvalue weighted by Gasteiger charge is 2.00. The van der Waals surface area contributed by atoms with E-state index in [1.54, 1.807) is 0 Å². The minimum Gasteiger partial charge on any atom is -0.393 e. The molecule has 0 spiro atoms. The Kier molecular flexibility index (Phi) is 4.62. The molecule has 0 saturated heterocycles. The molecule has 0 aliphatic carbocycles. The monoisotopic (exact) mass is 215 g/mol. The largest absolute Gasteiger partial charge is 0.393 e. The number of rotatable bonds is 5. The van der Waals surface area contributed by atoms with Crippen molar-refractivity contribution < 1.29 is 5.11 Å². The summed E-state index contributed by atoms with van der Waals surface area (Å²) in [4.78, 5) is 7.93. The molecule has 0 radical (unpaired) electrons. The molecule has 1 rings (SSSR count). The van der Waals surface area contributed by atoms with Crippen molar-refractivity contribution in [2.24, 2.45) is 0 Å². The SMILES string of the molecule is CCC(O)CCNc1ncc(Cl)cn1. The lowest BCUT2D eigenvalue weighted by molar-refractivity contribution is 0.164. The highest BCUT2D eigenvalue weighted by atomic mass is 35.5. The number of hydrogen-bond acceptors (Lipinski definition) is 4. The lowest BCUT2D eigenvalue weighted by atomic mass is 10.2. The predicted molar refractivity (Wildman–Crippen MR) is 56.4 cm³/mol. The van der Waals surface area contributed by atoms with Crippen LogP contribution in [0.4, 0.5) is 5.95 Å². The third kappa shape index (κ3) is 3.89. The zero-order valence-electron chi connectivity index (χ0n) is 8.07. The molecule has 0 amide bonds. The van der Waals surface area contributed by atoms with Gasteiger partial charge in [-0.2, -0.15) is 0 Å². The van der Waals surface area contributed by atoms with Gasteiger partial charge in [0.15, 0.2) is 0 Å². The van der Waals surface area contributed by atoms with E-state index in [0.717, 1.165) is 6.42 Å². The van der Waals surface area contributed by atoms with Crippen molar-refractivity contribution in [2.75, 3.05) is 11.9 Å². The van der Waals surface area contributed by atoms with Gasteiger partial charge >= 0.3 is 0 Å². The molecular formula is C9H14ClN3O. The van der Waals surface area contributed by atoms with Gasteiger partial charge in [0.05, 0.1) is 23.5 Å². The van der Waals surface area contributed by atoms with Crippen LogP contribution in [0.1, 0.15) is 19.8 Å². The maximum atomic E-state index is 9.28. The van der Waals surface area contributed by atoms with E-state index in [1.807, 2.05) is 6.92 Å². The Morgan fingerprint density at radius 1 is 1.50 bits per heavy atom. The summed E-state index contributed by atoms with van der Waals surface area (Å²) in [6.07, 6.45) is 4.28. The van der Waals surface area contributed by atoms with Crippen LogP contribution in [0.3, 0.4) is 0 Å². The first-order valence-electron chi connectivity index (χ1n) is 4.62. The molecule has 2 N–H and O–H groups in total. The van der Waals surface area contributed by atoms with Crippen LogP contribution in [-0.2, 0) is 0 Å². The predicted octanol–water partition coefficient (Wildman–Crippen LogP) is 1.70. The van der Waals surface area contributed by atoms with Crippen LogP contribution >= 0.6 is 11.6 Å². The van der Waals surface area contributed by atoms with Gasteiger partial charge in [0, 0.05) is 6.54 Å². The Labute approximate surface area is 88.3 Å². The van der Waals surface area contributed by atoms with E-state index in [9.17, 15) is 5.11 Å². The summed E-state index contributed by atoms with van der Waals surface area (Å²) in [6, 6.07) is 0. The minimum absolute atomic E-state index is 0.255. The van der Waals surface area contributed by atoms with Crippen LogP contribution in [0.5, 0.6) is 0 Å². The van der Waals surface area contributed by atoms with Gasteiger partial charge in [-0.15, -0.1) is 0 Å². The number of aliphatic hydroxyl groups excluding tert-OH is 1. The number of nitrogens with one attached hydrogen (secondary N) is 1.